The first-order valence-electron chi connectivity index (χ1n) is 10.1. The average molecular weight is 478 g/mol. The lowest BCUT2D eigenvalue weighted by molar-refractivity contribution is -0.145. The highest BCUT2D eigenvalue weighted by atomic mass is 32.1. The number of benzene rings is 2. The third kappa shape index (κ3) is 6.13. The van der Waals surface area contributed by atoms with Crippen LogP contribution in [0.2, 0.25) is 0 Å². The molecule has 3 rings (SSSR count). The first-order valence-corrected chi connectivity index (χ1v) is 10.9. The summed E-state index contributed by atoms with van der Waals surface area (Å²) < 4.78 is 46.2. The maximum absolute atomic E-state index is 13.5. The molecule has 2 aromatic carbocycles. The van der Waals surface area contributed by atoms with Gasteiger partial charge in [0.15, 0.2) is 0 Å². The zero-order valence-electron chi connectivity index (χ0n) is 17.8. The van der Waals surface area contributed by atoms with Gasteiger partial charge in [-0.25, -0.2) is 0 Å². The molecule has 2 atom stereocenters. The van der Waals surface area contributed by atoms with Crippen molar-refractivity contribution < 1.29 is 32.6 Å². The van der Waals surface area contributed by atoms with Gasteiger partial charge < -0.3 is 15.2 Å². The van der Waals surface area contributed by atoms with Crippen LogP contribution in [0.15, 0.2) is 60.7 Å². The molecule has 2 N–H and O–H groups in total. The van der Waals surface area contributed by atoms with Gasteiger partial charge in [0.2, 0.25) is 5.91 Å². The van der Waals surface area contributed by atoms with E-state index >= 15 is 0 Å². The lowest BCUT2D eigenvalue weighted by Crippen LogP contribution is -2.29. The topological polar surface area (TPSA) is 75.6 Å². The van der Waals surface area contributed by atoms with Crippen molar-refractivity contribution in [3.63, 3.8) is 0 Å². The Labute approximate surface area is 192 Å². The number of aliphatic carboxylic acids is 1. The summed E-state index contributed by atoms with van der Waals surface area (Å²) in [6, 6.07) is 16.2. The summed E-state index contributed by atoms with van der Waals surface area (Å²) in [7, 11) is 0. The molecule has 0 saturated heterocycles. The number of rotatable bonds is 8. The van der Waals surface area contributed by atoms with Crippen LogP contribution in [0, 0.1) is 11.8 Å². The van der Waals surface area contributed by atoms with Crippen LogP contribution in [0.25, 0.3) is 11.1 Å². The van der Waals surface area contributed by atoms with Gasteiger partial charge in [0.25, 0.3) is 0 Å². The zero-order chi connectivity index (χ0) is 24.2. The molecule has 174 valence electrons. The number of carboxylic acid groups (broad SMARTS) is 1. The van der Waals surface area contributed by atoms with Crippen LogP contribution in [0.4, 0.5) is 18.9 Å². The molecule has 1 heterocycles. The van der Waals surface area contributed by atoms with E-state index in [1.165, 1.54) is 19.9 Å². The van der Waals surface area contributed by atoms with Crippen molar-refractivity contribution >= 4 is 28.9 Å². The van der Waals surface area contributed by atoms with Crippen LogP contribution in [-0.4, -0.2) is 17.0 Å². The number of nitrogens with one attached hydrogen (secondary N) is 1. The van der Waals surface area contributed by atoms with Gasteiger partial charge in [-0.2, -0.15) is 13.2 Å². The van der Waals surface area contributed by atoms with Gasteiger partial charge in [0, 0.05) is 22.0 Å². The van der Waals surface area contributed by atoms with Gasteiger partial charge in [0.1, 0.15) is 17.2 Å². The van der Waals surface area contributed by atoms with Crippen molar-refractivity contribution in [3.05, 3.63) is 70.4 Å². The number of hydrogen-bond donors (Lipinski definition) is 2. The van der Waals surface area contributed by atoms with Crippen LogP contribution < -0.4 is 10.1 Å². The standard InChI is InChI=1S/C24H22F3NO4S/c1-14(15(2)23(30)31)22(29)28-17-8-10-18(11-9-17)32-13-19-12-20(16-6-4-3-5-7-16)21(33-19)24(25,26)27/h3-12,14-15H,13H2,1-2H3,(H,28,29)(H,30,31)/t14-,15+/m1/s1. The maximum Gasteiger partial charge on any atom is 0.426 e. The van der Waals surface area contributed by atoms with E-state index in [-0.39, 0.29) is 12.2 Å². The fraction of sp³-hybridized carbons (Fsp3) is 0.250. The van der Waals surface area contributed by atoms with E-state index in [4.69, 9.17) is 9.84 Å². The monoisotopic (exact) mass is 477 g/mol. The van der Waals surface area contributed by atoms with Gasteiger partial charge in [0.05, 0.1) is 5.92 Å². The van der Waals surface area contributed by atoms with Crippen molar-refractivity contribution in [2.24, 2.45) is 11.8 Å². The molecule has 0 aliphatic rings. The molecule has 0 radical (unpaired) electrons. The lowest BCUT2D eigenvalue weighted by Gasteiger charge is -2.16. The first kappa shape index (κ1) is 24.3. The fourth-order valence-corrected chi connectivity index (χ4v) is 4.00. The molecule has 0 unspecified atom stereocenters. The molecule has 9 heteroatoms. The Balaban J connectivity index is 1.67. The second-order valence-electron chi connectivity index (χ2n) is 7.54. The average Bonchev–Trinajstić information content (AvgIpc) is 3.23. The van der Waals surface area contributed by atoms with Crippen LogP contribution in [0.5, 0.6) is 5.75 Å². The van der Waals surface area contributed by atoms with Crippen molar-refractivity contribution in [2.75, 3.05) is 5.32 Å². The van der Waals surface area contributed by atoms with E-state index in [1.807, 2.05) is 0 Å². The number of alkyl halides is 3. The summed E-state index contributed by atoms with van der Waals surface area (Å²) in [5, 5.41) is 11.7. The molecule has 0 saturated carbocycles. The molecule has 5 nitrogen and oxygen atoms in total. The van der Waals surface area contributed by atoms with E-state index in [9.17, 15) is 22.8 Å². The minimum absolute atomic E-state index is 0.0422. The normalized spacial score (nSPS) is 13.2. The number of amides is 1. The molecule has 0 spiro atoms. The van der Waals surface area contributed by atoms with E-state index in [0.717, 1.165) is 0 Å². The number of carboxylic acids is 1. The highest BCUT2D eigenvalue weighted by molar-refractivity contribution is 7.12. The number of anilines is 1. The van der Waals surface area contributed by atoms with E-state index in [2.05, 4.69) is 5.32 Å². The molecule has 0 fully saturated rings. The van der Waals surface area contributed by atoms with E-state index in [0.29, 0.717) is 33.2 Å². The maximum atomic E-state index is 13.5. The molecule has 0 aliphatic carbocycles. The Bertz CT molecular complexity index is 1110. The first-order chi connectivity index (χ1) is 15.6. The number of hydrogen-bond acceptors (Lipinski definition) is 4. The van der Waals surface area contributed by atoms with Crippen molar-refractivity contribution in [1.82, 2.24) is 0 Å². The molecule has 1 aromatic heterocycles. The number of halogens is 3. The predicted molar refractivity (Wildman–Crippen MR) is 120 cm³/mol. The fourth-order valence-electron chi connectivity index (χ4n) is 3.04. The molecule has 0 bridgehead atoms. The van der Waals surface area contributed by atoms with Crippen LogP contribution in [0.3, 0.4) is 0 Å². The second-order valence-corrected chi connectivity index (χ2v) is 8.67. The molecule has 0 aliphatic heterocycles. The predicted octanol–water partition coefficient (Wildman–Crippen LogP) is 6.31. The Morgan fingerprint density at radius 2 is 1.67 bits per heavy atom. The Morgan fingerprint density at radius 1 is 1.03 bits per heavy atom. The number of carbonyl (C=O) groups excluding carboxylic acids is 1. The summed E-state index contributed by atoms with van der Waals surface area (Å²) in [6.07, 6.45) is -4.47. The smallest absolute Gasteiger partial charge is 0.426 e. The molecule has 1 amide bonds. The molecular formula is C24H22F3NO4S. The van der Waals surface area contributed by atoms with Gasteiger partial charge in [-0.3, -0.25) is 9.59 Å². The molecule has 3 aromatic rings. The minimum atomic E-state index is -4.47. The van der Waals surface area contributed by atoms with Gasteiger partial charge in [-0.15, -0.1) is 11.3 Å². The number of ether oxygens (including phenoxy) is 1. The van der Waals surface area contributed by atoms with Gasteiger partial charge >= 0.3 is 12.1 Å². The summed E-state index contributed by atoms with van der Waals surface area (Å²) in [5.74, 6) is -2.62. The Kier molecular flexibility index (Phi) is 7.43. The third-order valence-corrected chi connectivity index (χ3v) is 6.33. The lowest BCUT2D eigenvalue weighted by atomic mass is 9.95. The van der Waals surface area contributed by atoms with Crippen molar-refractivity contribution in [2.45, 2.75) is 26.6 Å². The summed E-state index contributed by atoms with van der Waals surface area (Å²) in [5.41, 5.74) is 1.06. The Hall–Kier alpha value is -3.33. The summed E-state index contributed by atoms with van der Waals surface area (Å²) in [6.45, 7) is 2.95. The highest BCUT2D eigenvalue weighted by Gasteiger charge is 2.36. The zero-order valence-corrected chi connectivity index (χ0v) is 18.7. The van der Waals surface area contributed by atoms with E-state index < -0.39 is 34.8 Å². The van der Waals surface area contributed by atoms with Crippen LogP contribution in [0.1, 0.15) is 23.6 Å². The third-order valence-electron chi connectivity index (χ3n) is 5.18. The second kappa shape index (κ2) is 10.1. The van der Waals surface area contributed by atoms with Crippen molar-refractivity contribution in [3.8, 4) is 16.9 Å². The largest absolute Gasteiger partial charge is 0.488 e. The number of carbonyl (C=O) groups is 2. The van der Waals surface area contributed by atoms with E-state index in [1.54, 1.807) is 54.6 Å². The quantitative estimate of drug-likeness (QED) is 0.399. The van der Waals surface area contributed by atoms with Gasteiger partial charge in [-0.1, -0.05) is 44.2 Å². The van der Waals surface area contributed by atoms with Crippen molar-refractivity contribution in [1.29, 1.82) is 0 Å². The summed E-state index contributed by atoms with van der Waals surface area (Å²) in [4.78, 5) is 23.0. The Morgan fingerprint density at radius 3 is 2.24 bits per heavy atom. The molecule has 33 heavy (non-hydrogen) atoms. The summed E-state index contributed by atoms with van der Waals surface area (Å²) >= 11 is 0.645. The minimum Gasteiger partial charge on any atom is -0.488 e. The van der Waals surface area contributed by atoms with Crippen LogP contribution in [-0.2, 0) is 22.4 Å². The van der Waals surface area contributed by atoms with Crippen LogP contribution >= 0.6 is 11.3 Å². The van der Waals surface area contributed by atoms with Gasteiger partial charge in [-0.05, 0) is 35.9 Å². The SMILES string of the molecule is C[C@H](C(=O)O)[C@@H](C)C(=O)Nc1ccc(OCc2cc(-c3ccccc3)c(C(F)(F)F)s2)cc1. The highest BCUT2D eigenvalue weighted by Crippen LogP contribution is 2.43. The number of thiophene rings is 1. The molecular weight excluding hydrogens is 455 g/mol.